The molecular weight excluding hydrogens is 382 g/mol. The Kier molecular flexibility index (Phi) is 6.68. The van der Waals surface area contributed by atoms with Gasteiger partial charge in [-0.1, -0.05) is 25.1 Å². The van der Waals surface area contributed by atoms with E-state index in [1.165, 1.54) is 0 Å². The van der Waals surface area contributed by atoms with Crippen LogP contribution >= 0.6 is 0 Å². The van der Waals surface area contributed by atoms with Crippen molar-refractivity contribution in [1.82, 2.24) is 4.90 Å². The van der Waals surface area contributed by atoms with E-state index in [-0.39, 0.29) is 24.4 Å². The van der Waals surface area contributed by atoms with Crippen LogP contribution in [-0.2, 0) is 23.8 Å². The van der Waals surface area contributed by atoms with Crippen LogP contribution in [0.1, 0.15) is 62.6 Å². The Hall–Kier alpha value is -2.18. The molecule has 1 aliphatic heterocycles. The molecule has 1 aromatic rings. The van der Waals surface area contributed by atoms with Crippen molar-refractivity contribution >= 4 is 17.4 Å². The molecule has 30 heavy (non-hydrogen) atoms. The Morgan fingerprint density at radius 3 is 2.30 bits per heavy atom. The molecule has 1 amide bonds. The minimum atomic E-state index is -0.712. The highest BCUT2D eigenvalue weighted by atomic mass is 16.5. The molecule has 1 heterocycles. The molecule has 6 heteroatoms. The van der Waals surface area contributed by atoms with Gasteiger partial charge < -0.3 is 14.2 Å². The van der Waals surface area contributed by atoms with Crippen LogP contribution in [0.4, 0.5) is 0 Å². The third-order valence-electron chi connectivity index (χ3n) is 6.58. The van der Waals surface area contributed by atoms with E-state index < -0.39 is 11.8 Å². The summed E-state index contributed by atoms with van der Waals surface area (Å²) in [6.45, 7) is 7.61. The number of hydrogen-bond acceptors (Lipinski definition) is 5. The number of amides is 1. The summed E-state index contributed by atoms with van der Waals surface area (Å²) in [5.74, 6) is 0.00780. The fraction of sp³-hybridized carbons (Fsp3) is 0.583. The second kappa shape index (κ2) is 8.90. The number of nitrogens with zero attached hydrogens (tertiary/aromatic N) is 1. The topological polar surface area (TPSA) is 65.1 Å². The third kappa shape index (κ3) is 3.67. The fourth-order valence-corrected chi connectivity index (χ4v) is 4.91. The molecule has 3 rings (SSSR count). The smallest absolute Gasteiger partial charge is 0.310 e. The van der Waals surface area contributed by atoms with Gasteiger partial charge in [0.2, 0.25) is 0 Å². The summed E-state index contributed by atoms with van der Waals surface area (Å²) in [5, 5.41) is 0. The number of hydrogen-bond donors (Lipinski definition) is 0. The normalized spacial score (nSPS) is 25.2. The van der Waals surface area contributed by atoms with Gasteiger partial charge in [0, 0.05) is 20.6 Å². The predicted molar refractivity (Wildman–Crippen MR) is 115 cm³/mol. The van der Waals surface area contributed by atoms with E-state index in [9.17, 15) is 9.59 Å². The molecule has 1 fully saturated rings. The largest absolute Gasteiger partial charge is 0.428 e. The lowest BCUT2D eigenvalue weighted by molar-refractivity contribution is -0.154. The average Bonchev–Trinajstić information content (AvgIpc) is 2.95. The zero-order valence-corrected chi connectivity index (χ0v) is 18.9. The highest BCUT2D eigenvalue weighted by molar-refractivity contribution is 6.24. The standard InChI is InChI=1S/C24H33NO5/c1-7-19(26)30-22-21(20-15(2)9-8-10-16(20)3)23(27)25(17(4)28-5)24(22)13-11-18(29-6)12-14-24/h8-10,17-18H,7,11-14H2,1-6H3. The van der Waals surface area contributed by atoms with Crippen molar-refractivity contribution in [2.45, 2.75) is 77.7 Å². The van der Waals surface area contributed by atoms with Gasteiger partial charge in [0.25, 0.3) is 5.91 Å². The molecular formula is C24H33NO5. The van der Waals surface area contributed by atoms with Crippen LogP contribution < -0.4 is 0 Å². The maximum absolute atomic E-state index is 13.9. The molecule has 6 nitrogen and oxygen atoms in total. The number of esters is 1. The quantitative estimate of drug-likeness (QED) is 0.654. The summed E-state index contributed by atoms with van der Waals surface area (Å²) in [6.07, 6.45) is 2.81. The average molecular weight is 416 g/mol. The van der Waals surface area contributed by atoms with E-state index in [2.05, 4.69) is 0 Å². The number of carbonyl (C=O) groups is 2. The molecule has 1 atom stereocenters. The van der Waals surface area contributed by atoms with E-state index in [1.54, 1.807) is 26.0 Å². The molecule has 0 N–H and O–H groups in total. The minimum Gasteiger partial charge on any atom is -0.428 e. The summed E-state index contributed by atoms with van der Waals surface area (Å²) in [6, 6.07) is 5.94. The van der Waals surface area contributed by atoms with Crippen molar-refractivity contribution in [2.75, 3.05) is 14.2 Å². The van der Waals surface area contributed by atoms with Crippen LogP contribution in [0.3, 0.4) is 0 Å². The Labute approximate surface area is 179 Å². The van der Waals surface area contributed by atoms with Gasteiger partial charge in [0.05, 0.1) is 11.7 Å². The summed E-state index contributed by atoms with van der Waals surface area (Å²) < 4.78 is 17.2. The summed E-state index contributed by atoms with van der Waals surface area (Å²) >= 11 is 0. The van der Waals surface area contributed by atoms with Gasteiger partial charge in [0.15, 0.2) is 0 Å². The highest BCUT2D eigenvalue weighted by Gasteiger charge is 2.57. The number of methoxy groups -OCH3 is 2. The molecule has 164 valence electrons. The van der Waals surface area contributed by atoms with Crippen molar-refractivity contribution in [3.05, 3.63) is 40.6 Å². The van der Waals surface area contributed by atoms with Crippen LogP contribution in [0.2, 0.25) is 0 Å². The Balaban J connectivity index is 2.25. The van der Waals surface area contributed by atoms with Crippen molar-refractivity contribution in [2.24, 2.45) is 0 Å². The zero-order valence-electron chi connectivity index (χ0n) is 18.9. The predicted octanol–water partition coefficient (Wildman–Crippen LogP) is 4.13. The number of aryl methyl sites for hydroxylation is 2. The van der Waals surface area contributed by atoms with Crippen LogP contribution in [0.25, 0.3) is 5.57 Å². The Bertz CT molecular complexity index is 831. The minimum absolute atomic E-state index is 0.137. The van der Waals surface area contributed by atoms with E-state index in [0.29, 0.717) is 24.2 Å². The Morgan fingerprint density at radius 2 is 1.80 bits per heavy atom. The number of ether oxygens (including phenoxy) is 3. The lowest BCUT2D eigenvalue weighted by Gasteiger charge is -2.46. The first-order valence-corrected chi connectivity index (χ1v) is 10.7. The molecule has 0 saturated heterocycles. The first-order chi connectivity index (χ1) is 14.3. The fourth-order valence-electron chi connectivity index (χ4n) is 4.91. The molecule has 1 saturated carbocycles. The van der Waals surface area contributed by atoms with Crippen molar-refractivity contribution < 1.29 is 23.8 Å². The number of rotatable bonds is 6. The summed E-state index contributed by atoms with van der Waals surface area (Å²) in [4.78, 5) is 28.1. The van der Waals surface area contributed by atoms with E-state index in [1.807, 2.05) is 39.0 Å². The molecule has 0 bridgehead atoms. The maximum Gasteiger partial charge on any atom is 0.310 e. The SMILES string of the molecule is CCC(=O)OC1=C(c2c(C)cccc2C)C(=O)N(C(C)OC)C12CCC(OC)CC2. The van der Waals surface area contributed by atoms with E-state index in [4.69, 9.17) is 14.2 Å². The van der Waals surface area contributed by atoms with Crippen molar-refractivity contribution in [1.29, 1.82) is 0 Å². The lowest BCUT2D eigenvalue weighted by atomic mass is 9.77. The van der Waals surface area contributed by atoms with Crippen LogP contribution in [0.5, 0.6) is 0 Å². The second-order valence-corrected chi connectivity index (χ2v) is 8.28. The molecule has 2 aliphatic rings. The van der Waals surface area contributed by atoms with Crippen molar-refractivity contribution in [3.63, 3.8) is 0 Å². The Morgan fingerprint density at radius 1 is 1.20 bits per heavy atom. The summed E-state index contributed by atoms with van der Waals surface area (Å²) in [5.41, 5.74) is 2.59. The van der Waals surface area contributed by atoms with Crippen molar-refractivity contribution in [3.8, 4) is 0 Å². The number of benzene rings is 1. The van der Waals surface area contributed by atoms with Gasteiger partial charge >= 0.3 is 5.97 Å². The van der Waals surface area contributed by atoms with Gasteiger partial charge in [-0.2, -0.15) is 0 Å². The molecule has 0 aromatic heterocycles. The van der Waals surface area contributed by atoms with E-state index in [0.717, 1.165) is 29.5 Å². The van der Waals surface area contributed by atoms with Gasteiger partial charge in [0.1, 0.15) is 17.5 Å². The molecule has 1 unspecified atom stereocenters. The first-order valence-electron chi connectivity index (χ1n) is 10.7. The van der Waals surface area contributed by atoms with Gasteiger partial charge in [-0.25, -0.2) is 0 Å². The second-order valence-electron chi connectivity index (χ2n) is 8.28. The van der Waals surface area contributed by atoms with E-state index >= 15 is 0 Å². The first kappa shape index (κ1) is 22.5. The van der Waals surface area contributed by atoms with Gasteiger partial charge in [-0.3, -0.25) is 14.5 Å². The summed E-state index contributed by atoms with van der Waals surface area (Å²) in [7, 11) is 3.31. The van der Waals surface area contributed by atoms with Crippen LogP contribution in [0.15, 0.2) is 24.0 Å². The zero-order chi connectivity index (χ0) is 22.1. The number of carbonyl (C=O) groups excluding carboxylic acids is 2. The lowest BCUT2D eigenvalue weighted by Crippen LogP contribution is -2.55. The molecule has 1 aromatic carbocycles. The van der Waals surface area contributed by atoms with Gasteiger partial charge in [-0.15, -0.1) is 0 Å². The maximum atomic E-state index is 13.9. The van der Waals surface area contributed by atoms with Crippen LogP contribution in [-0.4, -0.2) is 48.9 Å². The molecule has 1 aliphatic carbocycles. The third-order valence-corrected chi connectivity index (χ3v) is 6.58. The van der Waals surface area contributed by atoms with Crippen LogP contribution in [0, 0.1) is 13.8 Å². The molecule has 1 spiro atoms. The highest BCUT2D eigenvalue weighted by Crippen LogP contribution is 2.51. The van der Waals surface area contributed by atoms with Gasteiger partial charge in [-0.05, 0) is 63.1 Å². The molecule has 0 radical (unpaired) electrons. The monoisotopic (exact) mass is 415 g/mol.